The fraction of sp³-hybridized carbons (Fsp3) is 0.500. The second kappa shape index (κ2) is 5.79. The summed E-state index contributed by atoms with van der Waals surface area (Å²) in [6.45, 7) is 1.56. The summed E-state index contributed by atoms with van der Waals surface area (Å²) in [6.07, 6.45) is 4.81. The number of pyridine rings is 1. The molecule has 2 aromatic heterocycles. The Labute approximate surface area is 122 Å². The number of carbonyl (C=O) groups excluding carboxylic acids is 1. The Morgan fingerprint density at radius 2 is 2.24 bits per heavy atom. The molecule has 1 fully saturated rings. The maximum Gasteiger partial charge on any atom is 0.357 e. The van der Waals surface area contributed by atoms with Gasteiger partial charge in [-0.2, -0.15) is 0 Å². The maximum atomic E-state index is 12.4. The van der Waals surface area contributed by atoms with E-state index in [4.69, 9.17) is 5.73 Å². The molecule has 3 heterocycles. The molecule has 112 valence electrons. The number of hydrogen-bond acceptors (Lipinski definition) is 5. The van der Waals surface area contributed by atoms with E-state index in [-0.39, 0.29) is 18.5 Å². The normalized spacial score (nSPS) is 20.0. The van der Waals surface area contributed by atoms with E-state index >= 15 is 0 Å². The Hall–Kier alpha value is -1.99. The molecule has 1 unspecified atom stereocenters. The van der Waals surface area contributed by atoms with E-state index in [0.717, 1.165) is 30.5 Å². The van der Waals surface area contributed by atoms with Crippen LogP contribution in [0.1, 0.15) is 24.1 Å². The molecule has 2 N–H and O–H groups in total. The van der Waals surface area contributed by atoms with Gasteiger partial charge in [0.25, 0.3) is 5.91 Å². The Bertz CT molecular complexity index is 705. The number of aromatic nitrogens is 3. The topological polar surface area (TPSA) is 85.6 Å². The molecule has 0 saturated carbocycles. The summed E-state index contributed by atoms with van der Waals surface area (Å²) in [6, 6.07) is 5.44. The molecule has 3 rings (SSSR count). The van der Waals surface area contributed by atoms with Gasteiger partial charge < -0.3 is 5.73 Å². The van der Waals surface area contributed by atoms with Crippen molar-refractivity contribution in [2.24, 2.45) is 5.73 Å². The summed E-state index contributed by atoms with van der Waals surface area (Å²) >= 11 is 0. The van der Waals surface area contributed by atoms with Crippen molar-refractivity contribution in [2.75, 3.05) is 19.6 Å². The van der Waals surface area contributed by atoms with Crippen LogP contribution in [0.25, 0.3) is 5.65 Å². The zero-order valence-corrected chi connectivity index (χ0v) is 11.8. The van der Waals surface area contributed by atoms with Crippen molar-refractivity contribution in [3.05, 3.63) is 34.9 Å². The predicted octanol–water partition coefficient (Wildman–Crippen LogP) is -0.0506. The van der Waals surface area contributed by atoms with Crippen LogP contribution in [0.15, 0.2) is 29.2 Å². The van der Waals surface area contributed by atoms with Crippen molar-refractivity contribution in [1.82, 2.24) is 19.1 Å². The molecule has 0 radical (unpaired) electrons. The van der Waals surface area contributed by atoms with Crippen molar-refractivity contribution in [3.8, 4) is 0 Å². The predicted molar refractivity (Wildman–Crippen MR) is 78.3 cm³/mol. The molecular weight excluding hydrogens is 270 g/mol. The van der Waals surface area contributed by atoms with E-state index in [0.29, 0.717) is 12.2 Å². The first-order valence-corrected chi connectivity index (χ1v) is 7.24. The molecule has 21 heavy (non-hydrogen) atoms. The quantitative estimate of drug-likeness (QED) is 0.856. The monoisotopic (exact) mass is 289 g/mol. The van der Waals surface area contributed by atoms with Gasteiger partial charge in [0.05, 0.1) is 6.54 Å². The molecule has 1 aliphatic rings. The highest BCUT2D eigenvalue weighted by Crippen LogP contribution is 2.15. The van der Waals surface area contributed by atoms with Crippen LogP contribution >= 0.6 is 0 Å². The highest BCUT2D eigenvalue weighted by Gasteiger charge is 2.25. The highest BCUT2D eigenvalue weighted by atomic mass is 16.2. The number of nitrogens with zero attached hydrogens (tertiary/aromatic N) is 4. The van der Waals surface area contributed by atoms with Gasteiger partial charge in [0.15, 0.2) is 5.65 Å². The van der Waals surface area contributed by atoms with E-state index in [1.807, 2.05) is 0 Å². The number of rotatable bonds is 3. The Balaban J connectivity index is 1.83. The zero-order chi connectivity index (χ0) is 14.8. The first-order chi connectivity index (χ1) is 10.2. The molecular formula is C14H19N5O2. The highest BCUT2D eigenvalue weighted by molar-refractivity contribution is 5.80. The van der Waals surface area contributed by atoms with Crippen molar-refractivity contribution in [3.63, 3.8) is 0 Å². The van der Waals surface area contributed by atoms with Crippen LogP contribution in [0, 0.1) is 0 Å². The Morgan fingerprint density at radius 1 is 1.38 bits per heavy atom. The minimum Gasteiger partial charge on any atom is -0.329 e. The summed E-state index contributed by atoms with van der Waals surface area (Å²) in [5.41, 5.74) is 5.82. The lowest BCUT2D eigenvalue weighted by molar-refractivity contribution is 0.0750. The van der Waals surface area contributed by atoms with E-state index in [1.165, 1.54) is 4.40 Å². The lowest BCUT2D eigenvalue weighted by atomic mass is 10.0. The fourth-order valence-corrected chi connectivity index (χ4v) is 2.86. The third-order valence-electron chi connectivity index (χ3n) is 4.02. The van der Waals surface area contributed by atoms with Gasteiger partial charge in [-0.25, -0.2) is 9.20 Å². The summed E-state index contributed by atoms with van der Waals surface area (Å²) < 4.78 is 2.33. The minimum atomic E-state index is -0.420. The molecule has 7 nitrogen and oxygen atoms in total. The van der Waals surface area contributed by atoms with Gasteiger partial charge in [-0.05, 0) is 31.5 Å². The summed E-state index contributed by atoms with van der Waals surface area (Å²) in [4.78, 5) is 26.6. The largest absolute Gasteiger partial charge is 0.357 e. The smallest absolute Gasteiger partial charge is 0.329 e. The number of fused-ring (bicyclic) bond motifs is 1. The van der Waals surface area contributed by atoms with Gasteiger partial charge in [0, 0.05) is 18.8 Å². The van der Waals surface area contributed by atoms with E-state index in [2.05, 4.69) is 10.00 Å². The number of piperidine rings is 1. The second-order valence-corrected chi connectivity index (χ2v) is 5.37. The third-order valence-corrected chi connectivity index (χ3v) is 4.02. The average molecular weight is 289 g/mol. The lowest BCUT2D eigenvalue weighted by Crippen LogP contribution is -2.48. The van der Waals surface area contributed by atoms with Gasteiger partial charge in [0.1, 0.15) is 0 Å². The van der Waals surface area contributed by atoms with Gasteiger partial charge in [-0.15, -0.1) is 9.78 Å². The fourth-order valence-electron chi connectivity index (χ4n) is 2.86. The van der Waals surface area contributed by atoms with Crippen molar-refractivity contribution in [2.45, 2.75) is 25.3 Å². The molecule has 0 amide bonds. The molecule has 0 aromatic carbocycles. The molecule has 7 heteroatoms. The van der Waals surface area contributed by atoms with Gasteiger partial charge in [-0.3, -0.25) is 9.69 Å². The van der Waals surface area contributed by atoms with Crippen LogP contribution in [-0.2, 0) is 0 Å². The molecule has 0 bridgehead atoms. The minimum absolute atomic E-state index is 0.186. The van der Waals surface area contributed by atoms with E-state index in [1.54, 1.807) is 24.4 Å². The summed E-state index contributed by atoms with van der Waals surface area (Å²) in [5, 5.41) is 4.09. The van der Waals surface area contributed by atoms with E-state index in [9.17, 15) is 9.59 Å². The number of hydrogen-bond donors (Lipinski definition) is 1. The number of carbonyl (C=O) groups is 1. The molecule has 1 atom stereocenters. The lowest BCUT2D eigenvalue weighted by Gasteiger charge is -2.34. The third kappa shape index (κ3) is 2.62. The zero-order valence-electron chi connectivity index (χ0n) is 11.8. The van der Waals surface area contributed by atoms with Gasteiger partial charge >= 0.3 is 5.69 Å². The van der Waals surface area contributed by atoms with Crippen molar-refractivity contribution in [1.29, 1.82) is 0 Å². The Kier molecular flexibility index (Phi) is 3.85. The molecule has 1 saturated heterocycles. The molecule has 0 spiro atoms. The standard InChI is InChI=1S/C14H19N5O2/c15-9-11-5-1-3-7-17(11)10-13(20)19-14(21)18-8-4-2-6-12(18)16-19/h2,4,6,8,11H,1,3,5,7,9-10,15H2. The SMILES string of the molecule is NCC1CCCCN1CC(=O)n1nc2ccccn2c1=O. The summed E-state index contributed by atoms with van der Waals surface area (Å²) in [7, 11) is 0. The van der Waals surface area contributed by atoms with Crippen LogP contribution in [0.2, 0.25) is 0 Å². The first-order valence-electron chi connectivity index (χ1n) is 7.24. The molecule has 1 aliphatic heterocycles. The second-order valence-electron chi connectivity index (χ2n) is 5.37. The maximum absolute atomic E-state index is 12.4. The molecule has 0 aliphatic carbocycles. The first kappa shape index (κ1) is 14.0. The number of nitrogens with two attached hydrogens (primary N) is 1. The number of likely N-dealkylation sites (tertiary alicyclic amines) is 1. The van der Waals surface area contributed by atoms with Crippen LogP contribution in [0.4, 0.5) is 0 Å². The van der Waals surface area contributed by atoms with Crippen LogP contribution in [0.3, 0.4) is 0 Å². The average Bonchev–Trinajstić information content (AvgIpc) is 2.85. The Morgan fingerprint density at radius 3 is 3.00 bits per heavy atom. The van der Waals surface area contributed by atoms with Crippen LogP contribution in [0.5, 0.6) is 0 Å². The summed E-state index contributed by atoms with van der Waals surface area (Å²) in [5.74, 6) is -0.302. The molecule has 2 aromatic rings. The van der Waals surface area contributed by atoms with Crippen LogP contribution in [-0.4, -0.2) is 50.7 Å². The van der Waals surface area contributed by atoms with Crippen molar-refractivity contribution < 1.29 is 4.79 Å². The van der Waals surface area contributed by atoms with Gasteiger partial charge in [0.2, 0.25) is 0 Å². The van der Waals surface area contributed by atoms with Gasteiger partial charge in [-0.1, -0.05) is 12.5 Å². The van der Waals surface area contributed by atoms with Crippen molar-refractivity contribution >= 4 is 11.6 Å². The van der Waals surface area contributed by atoms with Crippen LogP contribution < -0.4 is 11.4 Å². The van der Waals surface area contributed by atoms with E-state index < -0.39 is 5.69 Å².